The Balaban J connectivity index is 5.51. The van der Waals surface area contributed by atoms with E-state index < -0.39 is 97.5 Å². The van der Waals surface area contributed by atoms with Crippen LogP contribution in [0.15, 0.2) is 158 Å². The number of unbranched alkanes of at least 4 members (excludes halogenated alkanes) is 22. The fourth-order valence-electron chi connectivity index (χ4n) is 10.0. The van der Waals surface area contributed by atoms with Gasteiger partial charge in [0, 0.05) is 19.3 Å². The fourth-order valence-corrected chi connectivity index (χ4v) is 11.6. The molecule has 0 rings (SSSR count). The maximum Gasteiger partial charge on any atom is 0.472 e. The molecule has 0 spiro atoms. The number of ether oxygens (including phenoxy) is 4. The summed E-state index contributed by atoms with van der Waals surface area (Å²) in [6.45, 7) is 4.41. The number of phosphoric ester groups is 2. The van der Waals surface area contributed by atoms with Gasteiger partial charge in [0.25, 0.3) is 0 Å². The summed E-state index contributed by atoms with van der Waals surface area (Å²) in [5.41, 5.74) is 0. The van der Waals surface area contributed by atoms with Gasteiger partial charge >= 0.3 is 39.5 Å². The predicted molar refractivity (Wildman–Crippen MR) is 427 cm³/mol. The Kier molecular flexibility index (Phi) is 72.0. The number of allylic oxidation sites excluding steroid dienone is 25. The van der Waals surface area contributed by atoms with Gasteiger partial charge in [-0.15, -0.1) is 0 Å². The Bertz CT molecular complexity index is 2590. The van der Waals surface area contributed by atoms with Crippen LogP contribution in [0.3, 0.4) is 0 Å². The summed E-state index contributed by atoms with van der Waals surface area (Å²) in [7, 11) is -10.0. The van der Waals surface area contributed by atoms with Gasteiger partial charge in [-0.3, -0.25) is 37.3 Å². The van der Waals surface area contributed by atoms with Crippen molar-refractivity contribution in [2.24, 2.45) is 0 Å². The van der Waals surface area contributed by atoms with Crippen LogP contribution in [0.2, 0.25) is 0 Å². The van der Waals surface area contributed by atoms with E-state index in [0.29, 0.717) is 32.1 Å². The van der Waals surface area contributed by atoms with Crippen molar-refractivity contribution in [1.82, 2.24) is 0 Å². The highest BCUT2D eigenvalue weighted by molar-refractivity contribution is 7.47. The van der Waals surface area contributed by atoms with Crippen LogP contribution in [0.1, 0.15) is 297 Å². The Labute approximate surface area is 629 Å². The van der Waals surface area contributed by atoms with Gasteiger partial charge in [0.2, 0.25) is 0 Å². The van der Waals surface area contributed by atoms with E-state index in [1.807, 2.05) is 36.5 Å². The first-order chi connectivity index (χ1) is 50.7. The van der Waals surface area contributed by atoms with Gasteiger partial charge in [0.1, 0.15) is 19.3 Å². The minimum atomic E-state index is -5.01. The molecule has 0 heterocycles. The van der Waals surface area contributed by atoms with Crippen LogP contribution < -0.4 is 0 Å². The SMILES string of the molecule is CC/C=C\C/C=C\C/C=C\C/C=C\C/C=C\C/C=C\CCC(=O)OCC(COP(=O)(O)OCC(O)COP(=O)(O)OCC(COC(=O)C/C=C\C/C=C\C/C=C\C/C=C\C/C=C\CC)OC(=O)CCCCCCC/C=C\CCCCCCCC)OC(=O)CCCCCCC/C=C\CCCCCCCC. The molecule has 19 heteroatoms. The quantitative estimate of drug-likeness (QED) is 0.0169. The first-order valence-electron chi connectivity index (χ1n) is 39.7. The third-order valence-corrected chi connectivity index (χ3v) is 17.9. The molecular formula is C85H140O17P2. The Morgan fingerprint density at radius 3 is 0.894 bits per heavy atom. The molecule has 5 unspecified atom stereocenters. The average Bonchev–Trinajstić information content (AvgIpc) is 0.918. The first kappa shape index (κ1) is 98.7. The molecule has 0 aromatic carbocycles. The van der Waals surface area contributed by atoms with E-state index >= 15 is 0 Å². The van der Waals surface area contributed by atoms with Crippen LogP contribution >= 0.6 is 15.6 Å². The smallest absolute Gasteiger partial charge is 0.462 e. The van der Waals surface area contributed by atoms with Crippen LogP contribution in [-0.2, 0) is 65.4 Å². The van der Waals surface area contributed by atoms with Gasteiger partial charge in [-0.2, -0.15) is 0 Å². The number of rotatable bonds is 73. The first-order valence-corrected chi connectivity index (χ1v) is 42.7. The fraction of sp³-hybridized carbons (Fsp3) is 0.647. The molecule has 3 N–H and O–H groups in total. The van der Waals surface area contributed by atoms with Crippen molar-refractivity contribution in [1.29, 1.82) is 0 Å². The molecule has 0 radical (unpaired) electrons. The lowest BCUT2D eigenvalue weighted by atomic mass is 10.1. The molecule has 0 aliphatic rings. The standard InChI is InChI=1S/C85H140O17P2/c1-5-9-13-17-21-25-29-33-37-38-39-40-44-46-50-54-58-62-66-70-83(88)96-76-81(102-85(90)72-68-64-60-56-52-48-43-36-32-28-24-20-16-12-8-4)78-100-104(93,94)98-74-79(86)73-97-103(91,92)99-77-80(101-84(89)71-67-63-59-55-51-47-42-35-31-27-23-19-15-11-7-3)75-95-82(87)69-65-61-57-53-49-45-41-34-30-26-22-18-14-10-6-2/h9-10,13-14,21-22,25-26,33-37,39-43,46,49-50,53,58,61-62,65,79-81,86H,5-8,11-12,15-20,23-24,27-32,38,44-45,47-48,51-52,54-57,59-60,63-64,66-78H2,1-4H3,(H,91,92)(H,93,94)/b13-9-,14-10-,25-21-,26-22-,37-33-,40-39-,41-34-,42-35-,43-36-,50-46-,53-49-,62-58-,65-61-. The number of phosphoric acid groups is 2. The second-order valence-corrected chi connectivity index (χ2v) is 28.8. The molecule has 5 atom stereocenters. The summed E-state index contributed by atoms with van der Waals surface area (Å²) < 4.78 is 68.4. The van der Waals surface area contributed by atoms with Gasteiger partial charge in [-0.1, -0.05) is 288 Å². The van der Waals surface area contributed by atoms with E-state index in [0.717, 1.165) is 135 Å². The summed E-state index contributed by atoms with van der Waals surface area (Å²) in [5, 5.41) is 10.6. The van der Waals surface area contributed by atoms with Crippen molar-refractivity contribution < 1.29 is 80.2 Å². The maximum atomic E-state index is 13.1. The number of aliphatic hydroxyl groups is 1. The van der Waals surface area contributed by atoms with Crippen molar-refractivity contribution in [2.45, 2.75) is 316 Å². The van der Waals surface area contributed by atoms with Crippen LogP contribution in [-0.4, -0.2) is 96.7 Å². The highest BCUT2D eigenvalue weighted by Gasteiger charge is 2.30. The zero-order valence-electron chi connectivity index (χ0n) is 64.6. The second kappa shape index (κ2) is 75.9. The molecule has 592 valence electrons. The number of carbonyl (C=O) groups is 4. The monoisotopic (exact) mass is 1490 g/mol. The predicted octanol–water partition coefficient (Wildman–Crippen LogP) is 23.2. The molecule has 0 amide bonds. The lowest BCUT2D eigenvalue weighted by molar-refractivity contribution is -0.161. The van der Waals surface area contributed by atoms with Crippen molar-refractivity contribution in [2.75, 3.05) is 39.6 Å². The second-order valence-electron chi connectivity index (χ2n) is 25.9. The lowest BCUT2D eigenvalue weighted by Gasteiger charge is -2.21. The summed E-state index contributed by atoms with van der Waals surface area (Å²) in [6.07, 6.45) is 88.4. The van der Waals surface area contributed by atoms with Crippen molar-refractivity contribution in [3.63, 3.8) is 0 Å². The normalized spacial score (nSPS) is 14.7. The largest absolute Gasteiger partial charge is 0.472 e. The molecule has 0 aliphatic heterocycles. The van der Waals surface area contributed by atoms with Gasteiger partial charge < -0.3 is 33.8 Å². The summed E-state index contributed by atoms with van der Waals surface area (Å²) in [4.78, 5) is 72.9. The van der Waals surface area contributed by atoms with Crippen molar-refractivity contribution in [3.05, 3.63) is 158 Å². The third kappa shape index (κ3) is 74.9. The number of esters is 4. The van der Waals surface area contributed by atoms with Crippen molar-refractivity contribution >= 4 is 39.5 Å². The highest BCUT2D eigenvalue weighted by Crippen LogP contribution is 2.45. The topological polar surface area (TPSA) is 237 Å². The van der Waals surface area contributed by atoms with E-state index in [2.05, 4.69) is 143 Å². The minimum Gasteiger partial charge on any atom is -0.462 e. The van der Waals surface area contributed by atoms with E-state index in [1.54, 1.807) is 6.08 Å². The molecule has 0 bridgehead atoms. The van der Waals surface area contributed by atoms with Crippen molar-refractivity contribution in [3.8, 4) is 0 Å². The van der Waals surface area contributed by atoms with Crippen LogP contribution in [0.4, 0.5) is 0 Å². The maximum absolute atomic E-state index is 13.1. The molecule has 0 fully saturated rings. The van der Waals surface area contributed by atoms with E-state index in [-0.39, 0.29) is 25.7 Å². The summed E-state index contributed by atoms with van der Waals surface area (Å²) in [6, 6.07) is 0. The van der Waals surface area contributed by atoms with E-state index in [1.165, 1.54) is 77.0 Å². The molecule has 0 aromatic heterocycles. The Morgan fingerprint density at radius 2 is 0.558 bits per heavy atom. The number of aliphatic hydroxyl groups excluding tert-OH is 1. The molecule has 104 heavy (non-hydrogen) atoms. The van der Waals surface area contributed by atoms with E-state index in [4.69, 9.17) is 37.0 Å². The minimum absolute atomic E-state index is 0.0285. The van der Waals surface area contributed by atoms with Gasteiger partial charge in [-0.05, 0) is 141 Å². The summed E-state index contributed by atoms with van der Waals surface area (Å²) in [5.74, 6) is -2.45. The van der Waals surface area contributed by atoms with Crippen LogP contribution in [0.5, 0.6) is 0 Å². The van der Waals surface area contributed by atoms with E-state index in [9.17, 15) is 43.2 Å². The average molecular weight is 1500 g/mol. The highest BCUT2D eigenvalue weighted by atomic mass is 31.2. The van der Waals surface area contributed by atoms with Crippen LogP contribution in [0, 0.1) is 0 Å². The molecular weight excluding hydrogens is 1350 g/mol. The van der Waals surface area contributed by atoms with Gasteiger partial charge in [-0.25, -0.2) is 9.13 Å². The number of carbonyl (C=O) groups excluding carboxylic acids is 4. The zero-order valence-corrected chi connectivity index (χ0v) is 66.4. The molecule has 17 nitrogen and oxygen atoms in total. The third-order valence-electron chi connectivity index (χ3n) is 16.0. The summed E-state index contributed by atoms with van der Waals surface area (Å²) >= 11 is 0. The van der Waals surface area contributed by atoms with Gasteiger partial charge in [0.15, 0.2) is 12.2 Å². The Hall–Kier alpha value is -5.32. The molecule has 0 aliphatic carbocycles. The zero-order chi connectivity index (χ0) is 76.0. The number of hydrogen-bond donors (Lipinski definition) is 3. The lowest BCUT2D eigenvalue weighted by Crippen LogP contribution is -2.30. The number of hydrogen-bond acceptors (Lipinski definition) is 15. The molecule has 0 saturated heterocycles. The van der Waals surface area contributed by atoms with Gasteiger partial charge in [0.05, 0.1) is 32.8 Å². The van der Waals surface area contributed by atoms with Crippen LogP contribution in [0.25, 0.3) is 0 Å². The molecule has 0 saturated carbocycles. The molecule has 0 aromatic rings. The Morgan fingerprint density at radius 1 is 0.288 bits per heavy atom.